The van der Waals surface area contributed by atoms with Crippen molar-refractivity contribution in [1.29, 1.82) is 0 Å². The second-order valence-corrected chi connectivity index (χ2v) is 3.79. The van der Waals surface area contributed by atoms with Crippen LogP contribution in [0, 0.1) is 0 Å². The van der Waals surface area contributed by atoms with Gasteiger partial charge in [-0.05, 0) is 17.7 Å². The normalized spacial score (nSPS) is 10.1. The molecule has 1 N–H and O–H groups in total. The van der Waals surface area contributed by atoms with Gasteiger partial charge in [-0.1, -0.05) is 41.9 Å². The molecule has 0 fully saturated rings. The largest absolute Gasteiger partial charge is 0.506 e. The van der Waals surface area contributed by atoms with E-state index in [4.69, 9.17) is 11.6 Å². The number of rotatable bonds is 2. The SMILES string of the molecule is O=Cc1cccc(-c2cccc(Cl)c2O)c1. The van der Waals surface area contributed by atoms with E-state index in [1.54, 1.807) is 36.4 Å². The minimum Gasteiger partial charge on any atom is -0.506 e. The number of hydrogen-bond acceptors (Lipinski definition) is 2. The Morgan fingerprint density at radius 2 is 1.88 bits per heavy atom. The van der Waals surface area contributed by atoms with Gasteiger partial charge < -0.3 is 5.11 Å². The minimum atomic E-state index is 0.0345. The molecule has 2 nitrogen and oxygen atoms in total. The van der Waals surface area contributed by atoms with Crippen LogP contribution in [0.2, 0.25) is 5.02 Å². The van der Waals surface area contributed by atoms with E-state index in [-0.39, 0.29) is 5.75 Å². The maximum absolute atomic E-state index is 10.7. The van der Waals surface area contributed by atoms with Crippen LogP contribution in [-0.4, -0.2) is 11.4 Å². The molecule has 0 saturated carbocycles. The number of aromatic hydroxyl groups is 1. The molecule has 0 bridgehead atoms. The van der Waals surface area contributed by atoms with Gasteiger partial charge in [0.1, 0.15) is 12.0 Å². The standard InChI is InChI=1S/C13H9ClO2/c14-12-6-2-5-11(13(12)16)10-4-1-3-9(7-10)8-15/h1-8,16H. The van der Waals surface area contributed by atoms with Crippen molar-refractivity contribution in [3.63, 3.8) is 0 Å². The van der Waals surface area contributed by atoms with Crippen LogP contribution in [0.3, 0.4) is 0 Å². The molecule has 80 valence electrons. The Labute approximate surface area is 98.1 Å². The number of carbonyl (C=O) groups is 1. The first-order valence-corrected chi connectivity index (χ1v) is 5.13. The van der Waals surface area contributed by atoms with Gasteiger partial charge in [0.25, 0.3) is 0 Å². The first-order valence-electron chi connectivity index (χ1n) is 4.75. The van der Waals surface area contributed by atoms with Crippen molar-refractivity contribution in [1.82, 2.24) is 0 Å². The Hall–Kier alpha value is -1.80. The lowest BCUT2D eigenvalue weighted by Crippen LogP contribution is -1.83. The number of benzene rings is 2. The van der Waals surface area contributed by atoms with Crippen LogP contribution < -0.4 is 0 Å². The number of phenols is 1. The summed E-state index contributed by atoms with van der Waals surface area (Å²) in [4.78, 5) is 10.7. The Balaban J connectivity index is 2.58. The van der Waals surface area contributed by atoms with Crippen LogP contribution in [0.1, 0.15) is 10.4 Å². The predicted molar refractivity (Wildman–Crippen MR) is 63.9 cm³/mol. The summed E-state index contributed by atoms with van der Waals surface area (Å²) < 4.78 is 0. The molecule has 0 unspecified atom stereocenters. The number of para-hydroxylation sites is 1. The Morgan fingerprint density at radius 3 is 2.62 bits per heavy atom. The topological polar surface area (TPSA) is 37.3 Å². The summed E-state index contributed by atoms with van der Waals surface area (Å²) in [5.74, 6) is 0.0345. The van der Waals surface area contributed by atoms with E-state index in [0.29, 0.717) is 16.1 Å². The summed E-state index contributed by atoms with van der Waals surface area (Å²) in [6, 6.07) is 12.1. The summed E-state index contributed by atoms with van der Waals surface area (Å²) in [5, 5.41) is 10.1. The lowest BCUT2D eigenvalue weighted by molar-refractivity contribution is 0.112. The van der Waals surface area contributed by atoms with Crippen molar-refractivity contribution in [2.24, 2.45) is 0 Å². The predicted octanol–water partition coefficient (Wildman–Crippen LogP) is 3.53. The molecule has 0 aliphatic heterocycles. The maximum Gasteiger partial charge on any atom is 0.150 e. The minimum absolute atomic E-state index is 0.0345. The molecule has 0 heterocycles. The summed E-state index contributed by atoms with van der Waals surface area (Å²) in [5.41, 5.74) is 1.96. The molecule has 0 saturated heterocycles. The van der Waals surface area contributed by atoms with Crippen LogP contribution in [0.15, 0.2) is 42.5 Å². The molecular formula is C13H9ClO2. The van der Waals surface area contributed by atoms with E-state index in [1.807, 2.05) is 6.07 Å². The fourth-order valence-electron chi connectivity index (χ4n) is 1.53. The van der Waals surface area contributed by atoms with Crippen molar-refractivity contribution in [3.05, 3.63) is 53.1 Å². The third kappa shape index (κ3) is 1.92. The molecule has 0 amide bonds. The Kier molecular flexibility index (Phi) is 2.93. The van der Waals surface area contributed by atoms with Crippen LogP contribution in [0.4, 0.5) is 0 Å². The third-order valence-corrected chi connectivity index (χ3v) is 2.63. The molecular weight excluding hydrogens is 224 g/mol. The highest BCUT2D eigenvalue weighted by Crippen LogP contribution is 2.34. The zero-order chi connectivity index (χ0) is 11.5. The molecule has 2 rings (SSSR count). The van der Waals surface area contributed by atoms with Gasteiger partial charge in [-0.2, -0.15) is 0 Å². The van der Waals surface area contributed by atoms with Crippen LogP contribution in [0.25, 0.3) is 11.1 Å². The highest BCUT2D eigenvalue weighted by atomic mass is 35.5. The van der Waals surface area contributed by atoms with Gasteiger partial charge in [-0.15, -0.1) is 0 Å². The fourth-order valence-corrected chi connectivity index (χ4v) is 1.70. The molecule has 2 aromatic carbocycles. The summed E-state index contributed by atoms with van der Waals surface area (Å²) in [7, 11) is 0. The van der Waals surface area contributed by atoms with Gasteiger partial charge in [0, 0.05) is 11.1 Å². The average molecular weight is 233 g/mol. The molecule has 16 heavy (non-hydrogen) atoms. The molecule has 0 radical (unpaired) electrons. The average Bonchev–Trinajstić information content (AvgIpc) is 2.33. The van der Waals surface area contributed by atoms with Crippen LogP contribution in [0.5, 0.6) is 5.75 Å². The lowest BCUT2D eigenvalue weighted by atomic mass is 10.0. The maximum atomic E-state index is 10.7. The molecule has 0 aliphatic carbocycles. The highest BCUT2D eigenvalue weighted by Gasteiger charge is 2.07. The zero-order valence-corrected chi connectivity index (χ0v) is 9.11. The van der Waals surface area contributed by atoms with Crippen LogP contribution >= 0.6 is 11.6 Å². The van der Waals surface area contributed by atoms with Gasteiger partial charge in [0.15, 0.2) is 0 Å². The van der Waals surface area contributed by atoms with Gasteiger partial charge in [-0.25, -0.2) is 0 Å². The monoisotopic (exact) mass is 232 g/mol. The van der Waals surface area contributed by atoms with Crippen molar-refractivity contribution >= 4 is 17.9 Å². The molecule has 0 atom stereocenters. The van der Waals surface area contributed by atoms with E-state index in [0.717, 1.165) is 11.8 Å². The quantitative estimate of drug-likeness (QED) is 0.805. The van der Waals surface area contributed by atoms with Crippen molar-refractivity contribution in [3.8, 4) is 16.9 Å². The number of halogens is 1. The fraction of sp³-hybridized carbons (Fsp3) is 0. The Morgan fingerprint density at radius 1 is 1.12 bits per heavy atom. The van der Waals surface area contributed by atoms with Gasteiger partial charge >= 0.3 is 0 Å². The molecule has 0 aliphatic rings. The first kappa shape index (κ1) is 10.7. The lowest BCUT2D eigenvalue weighted by Gasteiger charge is -2.06. The summed E-state index contributed by atoms with van der Waals surface area (Å²) in [6.07, 6.45) is 0.769. The van der Waals surface area contributed by atoms with Crippen molar-refractivity contribution in [2.45, 2.75) is 0 Å². The summed E-state index contributed by atoms with van der Waals surface area (Å²) >= 11 is 5.82. The van der Waals surface area contributed by atoms with E-state index < -0.39 is 0 Å². The second-order valence-electron chi connectivity index (χ2n) is 3.38. The van der Waals surface area contributed by atoms with E-state index in [1.165, 1.54) is 0 Å². The smallest absolute Gasteiger partial charge is 0.150 e. The molecule has 2 aromatic rings. The van der Waals surface area contributed by atoms with Crippen LogP contribution in [-0.2, 0) is 0 Å². The number of hydrogen-bond donors (Lipinski definition) is 1. The number of phenolic OH excluding ortho intramolecular Hbond substituents is 1. The number of aldehydes is 1. The van der Waals surface area contributed by atoms with Crippen molar-refractivity contribution in [2.75, 3.05) is 0 Å². The third-order valence-electron chi connectivity index (χ3n) is 2.32. The van der Waals surface area contributed by atoms with E-state index in [9.17, 15) is 9.90 Å². The van der Waals surface area contributed by atoms with E-state index in [2.05, 4.69) is 0 Å². The Bertz CT molecular complexity index is 535. The molecule has 0 spiro atoms. The van der Waals surface area contributed by atoms with Gasteiger partial charge in [0.2, 0.25) is 0 Å². The first-order chi connectivity index (χ1) is 7.72. The molecule has 0 aromatic heterocycles. The molecule has 3 heteroatoms. The zero-order valence-electron chi connectivity index (χ0n) is 8.35. The van der Waals surface area contributed by atoms with E-state index >= 15 is 0 Å². The highest BCUT2D eigenvalue weighted by molar-refractivity contribution is 6.32. The van der Waals surface area contributed by atoms with Gasteiger partial charge in [-0.3, -0.25) is 4.79 Å². The summed E-state index contributed by atoms with van der Waals surface area (Å²) in [6.45, 7) is 0. The van der Waals surface area contributed by atoms with Crippen molar-refractivity contribution < 1.29 is 9.90 Å². The number of carbonyl (C=O) groups excluding carboxylic acids is 1. The van der Waals surface area contributed by atoms with Gasteiger partial charge in [0.05, 0.1) is 5.02 Å². The second kappa shape index (κ2) is 4.37.